The smallest absolute Gasteiger partial charge is 0.387 e. The highest BCUT2D eigenvalue weighted by molar-refractivity contribution is 5.99. The van der Waals surface area contributed by atoms with Crippen LogP contribution in [0.4, 0.5) is 23.2 Å². The van der Waals surface area contributed by atoms with Crippen molar-refractivity contribution in [3.63, 3.8) is 0 Å². The Morgan fingerprint density at radius 1 is 1.25 bits per heavy atom. The van der Waals surface area contributed by atoms with E-state index in [1.807, 2.05) is 6.07 Å². The lowest BCUT2D eigenvalue weighted by Crippen LogP contribution is -2.42. The number of aliphatic hydroxyl groups is 1. The number of nitrogens with zero attached hydrogens (tertiary/aromatic N) is 5. The van der Waals surface area contributed by atoms with Gasteiger partial charge in [-0.3, -0.25) is 14.2 Å². The molecule has 0 bridgehead atoms. The van der Waals surface area contributed by atoms with Crippen molar-refractivity contribution in [3.05, 3.63) is 47.9 Å². The largest absolute Gasteiger partial charge is 0.397 e. The van der Waals surface area contributed by atoms with Crippen LogP contribution < -0.4 is 10.6 Å². The molecule has 0 radical (unpaired) electrons. The minimum absolute atomic E-state index is 0.0101. The zero-order valence-electron chi connectivity index (χ0n) is 21.7. The molecule has 0 spiro atoms. The molecule has 4 rings (SSSR count). The number of nitriles is 1. The summed E-state index contributed by atoms with van der Waals surface area (Å²) in [5.41, 5.74) is -0.532. The van der Waals surface area contributed by atoms with E-state index in [4.69, 9.17) is 5.26 Å². The number of pyridine rings is 2. The van der Waals surface area contributed by atoms with E-state index < -0.39 is 48.8 Å². The maximum absolute atomic E-state index is 14.3. The Balaban J connectivity index is 1.62. The van der Waals surface area contributed by atoms with Gasteiger partial charge >= 0.3 is 6.18 Å². The van der Waals surface area contributed by atoms with Crippen molar-refractivity contribution in [3.8, 4) is 11.9 Å². The van der Waals surface area contributed by atoms with Gasteiger partial charge in [-0.15, -0.1) is 0 Å². The summed E-state index contributed by atoms with van der Waals surface area (Å²) in [7, 11) is 0. The number of amides is 2. The van der Waals surface area contributed by atoms with Crippen LogP contribution in [0.5, 0.6) is 0 Å². The summed E-state index contributed by atoms with van der Waals surface area (Å²) in [6, 6.07) is 6.47. The quantitative estimate of drug-likeness (QED) is 0.360. The lowest BCUT2D eigenvalue weighted by molar-refractivity contribution is -0.160. The number of alkyl halides is 4. The first kappa shape index (κ1) is 28.8. The molecule has 2 atom stereocenters. The van der Waals surface area contributed by atoms with Gasteiger partial charge in [-0.05, 0) is 32.4 Å². The standard InChI is InChI=1S/C26H27F4N7O3/c1-25(2,40)20(27)13-34-24(39)18-12-32-21(37-6-3-16-7-15(10-31)11-33-23(16)37)8-19(18)35-17-4-5-36(14-17)22(38)9-26(28,29)30/h3,6-8,11-12,17,20,40H,4-5,9,13-14H2,1-2H3,(H,32,35)(H,34,39). The van der Waals surface area contributed by atoms with Gasteiger partial charge in [-0.1, -0.05) is 0 Å². The molecule has 14 heteroatoms. The number of carbonyl (C=O) groups is 2. The third-order valence-electron chi connectivity index (χ3n) is 6.50. The number of hydrogen-bond donors (Lipinski definition) is 3. The molecule has 4 heterocycles. The average molecular weight is 562 g/mol. The van der Waals surface area contributed by atoms with Gasteiger partial charge < -0.3 is 20.6 Å². The van der Waals surface area contributed by atoms with Crippen LogP contribution in [0.15, 0.2) is 36.8 Å². The molecule has 1 aliphatic heterocycles. The van der Waals surface area contributed by atoms with Crippen molar-refractivity contribution in [2.24, 2.45) is 0 Å². The summed E-state index contributed by atoms with van der Waals surface area (Å²) in [6.45, 7) is 2.17. The number of hydrogen-bond acceptors (Lipinski definition) is 7. The molecule has 0 aromatic carbocycles. The Morgan fingerprint density at radius 3 is 2.67 bits per heavy atom. The number of fused-ring (bicyclic) bond motifs is 1. The molecule has 40 heavy (non-hydrogen) atoms. The Hall–Kier alpha value is -4.25. The molecule has 0 aliphatic carbocycles. The molecule has 3 aromatic rings. The number of nitrogens with one attached hydrogen (secondary N) is 2. The SMILES string of the molecule is CC(C)(O)C(F)CNC(=O)c1cnc(-n2ccc3cc(C#N)cnc32)cc1NC1CCN(C(=O)CC(F)(F)F)C1. The molecule has 2 unspecified atom stereocenters. The first-order valence-electron chi connectivity index (χ1n) is 12.4. The molecular formula is C26H27F4N7O3. The Morgan fingerprint density at radius 2 is 2.00 bits per heavy atom. The van der Waals surface area contributed by atoms with Crippen LogP contribution in [-0.2, 0) is 4.79 Å². The molecule has 3 aromatic heterocycles. The third kappa shape index (κ3) is 6.66. The van der Waals surface area contributed by atoms with Gasteiger partial charge in [0, 0.05) is 49.2 Å². The third-order valence-corrected chi connectivity index (χ3v) is 6.50. The first-order valence-corrected chi connectivity index (χ1v) is 12.4. The monoisotopic (exact) mass is 561 g/mol. The van der Waals surface area contributed by atoms with Crippen LogP contribution in [0.2, 0.25) is 0 Å². The van der Waals surface area contributed by atoms with Crippen LogP contribution in [0.25, 0.3) is 16.9 Å². The normalized spacial score (nSPS) is 16.6. The van der Waals surface area contributed by atoms with Crippen molar-refractivity contribution < 1.29 is 32.3 Å². The van der Waals surface area contributed by atoms with E-state index in [-0.39, 0.29) is 24.3 Å². The van der Waals surface area contributed by atoms with Crippen molar-refractivity contribution in [1.82, 2.24) is 24.8 Å². The van der Waals surface area contributed by atoms with E-state index in [0.717, 1.165) is 4.90 Å². The van der Waals surface area contributed by atoms with Gasteiger partial charge in [0.1, 0.15) is 30.1 Å². The summed E-state index contributed by atoms with van der Waals surface area (Å²) in [5.74, 6) is -1.38. The first-order chi connectivity index (χ1) is 18.7. The highest BCUT2D eigenvalue weighted by Crippen LogP contribution is 2.27. The Labute approximate surface area is 226 Å². The molecule has 10 nitrogen and oxygen atoms in total. The van der Waals surface area contributed by atoms with Crippen molar-refractivity contribution in [1.29, 1.82) is 5.26 Å². The number of likely N-dealkylation sites (tertiary alicyclic amines) is 1. The van der Waals surface area contributed by atoms with Crippen LogP contribution in [0.1, 0.15) is 42.6 Å². The molecular weight excluding hydrogens is 534 g/mol. The van der Waals surface area contributed by atoms with E-state index >= 15 is 0 Å². The number of carbonyl (C=O) groups excluding carboxylic acids is 2. The molecule has 1 fully saturated rings. The van der Waals surface area contributed by atoms with Crippen molar-refractivity contribution in [2.75, 3.05) is 25.0 Å². The molecule has 3 N–H and O–H groups in total. The van der Waals surface area contributed by atoms with Crippen molar-refractivity contribution >= 4 is 28.5 Å². The van der Waals surface area contributed by atoms with Gasteiger partial charge in [0.05, 0.1) is 29.0 Å². The number of rotatable bonds is 8. The van der Waals surface area contributed by atoms with Crippen LogP contribution in [0, 0.1) is 11.3 Å². The second-order valence-electron chi connectivity index (χ2n) is 10.1. The molecule has 1 saturated heterocycles. The van der Waals surface area contributed by atoms with Crippen LogP contribution >= 0.6 is 0 Å². The molecule has 0 saturated carbocycles. The molecule has 2 amide bonds. The zero-order valence-corrected chi connectivity index (χ0v) is 21.7. The fraction of sp³-hybridized carbons (Fsp3) is 0.423. The van der Waals surface area contributed by atoms with Gasteiger partial charge in [-0.2, -0.15) is 18.4 Å². The number of aromatic nitrogens is 3. The average Bonchev–Trinajstić information content (AvgIpc) is 3.52. The van der Waals surface area contributed by atoms with E-state index in [9.17, 15) is 32.3 Å². The van der Waals surface area contributed by atoms with Gasteiger partial charge in [0.25, 0.3) is 5.91 Å². The maximum Gasteiger partial charge on any atom is 0.397 e. The second kappa shape index (κ2) is 11.1. The van der Waals surface area contributed by atoms with E-state index in [1.54, 1.807) is 22.9 Å². The van der Waals surface area contributed by atoms with Gasteiger partial charge in [0.2, 0.25) is 5.91 Å². The summed E-state index contributed by atoms with van der Waals surface area (Å²) in [5, 5.41) is 25.2. The van der Waals surface area contributed by atoms with Crippen LogP contribution in [0.3, 0.4) is 0 Å². The minimum atomic E-state index is -4.62. The number of halogens is 4. The Kier molecular flexibility index (Phi) is 7.97. The second-order valence-corrected chi connectivity index (χ2v) is 10.1. The number of anilines is 1. The lowest BCUT2D eigenvalue weighted by Gasteiger charge is -2.23. The predicted molar refractivity (Wildman–Crippen MR) is 136 cm³/mol. The van der Waals surface area contributed by atoms with E-state index in [0.29, 0.717) is 28.8 Å². The summed E-state index contributed by atoms with van der Waals surface area (Å²) < 4.78 is 54.0. The van der Waals surface area contributed by atoms with Crippen LogP contribution in [-0.4, -0.2) is 80.0 Å². The fourth-order valence-electron chi connectivity index (χ4n) is 4.28. The highest BCUT2D eigenvalue weighted by atomic mass is 19.4. The lowest BCUT2D eigenvalue weighted by atomic mass is 10.0. The summed E-state index contributed by atoms with van der Waals surface area (Å²) in [4.78, 5) is 34.8. The predicted octanol–water partition coefficient (Wildman–Crippen LogP) is 3.10. The van der Waals surface area contributed by atoms with Gasteiger partial charge in [-0.25, -0.2) is 14.4 Å². The molecule has 212 valence electrons. The highest BCUT2D eigenvalue weighted by Gasteiger charge is 2.36. The van der Waals surface area contributed by atoms with Crippen molar-refractivity contribution in [2.45, 2.75) is 50.7 Å². The summed E-state index contributed by atoms with van der Waals surface area (Å²) >= 11 is 0. The van der Waals surface area contributed by atoms with E-state index in [2.05, 4.69) is 20.6 Å². The molecule has 1 aliphatic rings. The maximum atomic E-state index is 14.3. The minimum Gasteiger partial charge on any atom is -0.387 e. The van der Waals surface area contributed by atoms with E-state index in [1.165, 1.54) is 32.3 Å². The fourth-order valence-corrected chi connectivity index (χ4v) is 4.28. The summed E-state index contributed by atoms with van der Waals surface area (Å²) in [6.07, 6.45) is -3.25. The Bertz CT molecular complexity index is 1460. The zero-order chi connectivity index (χ0) is 29.2. The van der Waals surface area contributed by atoms with Gasteiger partial charge in [0.15, 0.2) is 0 Å². The topological polar surface area (TPSA) is 136 Å².